The number of aliphatic hydroxyl groups excluding tert-OH is 3. The third kappa shape index (κ3) is 25.7. The van der Waals surface area contributed by atoms with Gasteiger partial charge in [-0.05, 0) is 19.3 Å². The molecule has 0 saturated carbocycles. The molecule has 5 heteroatoms. The molecule has 0 aromatic carbocycles. The molecule has 0 aliphatic rings. The molecular formula is C20H42O5. The van der Waals surface area contributed by atoms with Crippen LogP contribution in [0.3, 0.4) is 0 Å². The molecule has 0 aliphatic carbocycles. The van der Waals surface area contributed by atoms with Crippen molar-refractivity contribution in [3.05, 3.63) is 0 Å². The molecule has 0 unspecified atom stereocenters. The number of hydrogen-bond acceptors (Lipinski definition) is 4. The fourth-order valence-corrected chi connectivity index (χ4v) is 2.56. The Balaban J connectivity index is 0. The van der Waals surface area contributed by atoms with E-state index in [1.807, 2.05) is 0 Å². The monoisotopic (exact) mass is 362 g/mol. The zero-order valence-electron chi connectivity index (χ0n) is 16.3. The van der Waals surface area contributed by atoms with E-state index in [-0.39, 0.29) is 25.7 Å². The maximum absolute atomic E-state index is 10.3. The van der Waals surface area contributed by atoms with Gasteiger partial charge in [-0.2, -0.15) is 0 Å². The normalized spacial score (nSPS) is 10.6. The number of carbonyl (C=O) groups is 1. The molecular weight excluding hydrogens is 320 g/mol. The summed E-state index contributed by atoms with van der Waals surface area (Å²) in [7, 11) is 0. The molecule has 4 N–H and O–H groups in total. The van der Waals surface area contributed by atoms with Crippen LogP contribution in [-0.2, 0) is 4.79 Å². The lowest BCUT2D eigenvalue weighted by atomic mass is 10.1. The van der Waals surface area contributed by atoms with Crippen LogP contribution >= 0.6 is 0 Å². The van der Waals surface area contributed by atoms with Gasteiger partial charge >= 0.3 is 5.97 Å². The van der Waals surface area contributed by atoms with Crippen molar-refractivity contribution in [1.82, 2.24) is 0 Å². The van der Waals surface area contributed by atoms with Crippen molar-refractivity contribution < 1.29 is 25.2 Å². The van der Waals surface area contributed by atoms with E-state index < -0.39 is 5.97 Å². The standard InChI is InChI=1S/C14H28O2.C6H14O3/c1-2-3-4-5-6-7-8-9-10-11-12-13-14(15)16;7-3-1-2-6(4-8)5-9/h2-13H2,1H3,(H,15,16);6-9H,1-5H2. The largest absolute Gasteiger partial charge is 0.481 e. The van der Waals surface area contributed by atoms with E-state index >= 15 is 0 Å². The minimum absolute atomic E-state index is 0.0104. The van der Waals surface area contributed by atoms with Crippen molar-refractivity contribution in [2.45, 2.75) is 96.8 Å². The highest BCUT2D eigenvalue weighted by Crippen LogP contribution is 2.11. The average molecular weight is 363 g/mol. The Kier molecular flexibility index (Phi) is 24.8. The van der Waals surface area contributed by atoms with Gasteiger partial charge in [0, 0.05) is 32.2 Å². The lowest BCUT2D eigenvalue weighted by Gasteiger charge is -2.07. The van der Waals surface area contributed by atoms with Crippen molar-refractivity contribution in [2.24, 2.45) is 5.92 Å². The molecule has 0 fully saturated rings. The van der Waals surface area contributed by atoms with Crippen LogP contribution in [0, 0.1) is 5.92 Å². The summed E-state index contributed by atoms with van der Waals surface area (Å²) in [6, 6.07) is 0. The number of aliphatic carboxylic acids is 1. The third-order valence-corrected chi connectivity index (χ3v) is 4.28. The van der Waals surface area contributed by atoms with E-state index in [4.69, 9.17) is 20.4 Å². The van der Waals surface area contributed by atoms with Gasteiger partial charge in [-0.3, -0.25) is 4.79 Å². The molecule has 0 saturated heterocycles. The molecule has 5 nitrogen and oxygen atoms in total. The van der Waals surface area contributed by atoms with E-state index in [0.717, 1.165) is 12.8 Å². The van der Waals surface area contributed by atoms with Crippen LogP contribution in [0.5, 0.6) is 0 Å². The van der Waals surface area contributed by atoms with Crippen molar-refractivity contribution in [3.63, 3.8) is 0 Å². The zero-order valence-corrected chi connectivity index (χ0v) is 16.3. The van der Waals surface area contributed by atoms with Crippen LogP contribution in [0.25, 0.3) is 0 Å². The van der Waals surface area contributed by atoms with E-state index in [9.17, 15) is 4.79 Å². The van der Waals surface area contributed by atoms with Crippen molar-refractivity contribution in [3.8, 4) is 0 Å². The Morgan fingerprint density at radius 1 is 0.720 bits per heavy atom. The molecule has 0 aromatic heterocycles. The van der Waals surface area contributed by atoms with Crippen molar-refractivity contribution in [2.75, 3.05) is 19.8 Å². The van der Waals surface area contributed by atoms with Crippen LogP contribution < -0.4 is 0 Å². The summed E-state index contributed by atoms with van der Waals surface area (Å²) in [6.07, 6.45) is 15.7. The number of hydrogen-bond donors (Lipinski definition) is 4. The van der Waals surface area contributed by atoms with Gasteiger partial charge in [0.25, 0.3) is 0 Å². The first-order valence-corrected chi connectivity index (χ1v) is 10.2. The second kappa shape index (κ2) is 23.4. The molecule has 0 atom stereocenters. The van der Waals surface area contributed by atoms with Crippen LogP contribution in [0.1, 0.15) is 96.8 Å². The number of carboxylic acids is 1. The molecule has 0 heterocycles. The van der Waals surface area contributed by atoms with E-state index in [0.29, 0.717) is 19.3 Å². The molecule has 0 aliphatic heterocycles. The van der Waals surface area contributed by atoms with Gasteiger partial charge in [0.2, 0.25) is 0 Å². The van der Waals surface area contributed by atoms with Gasteiger partial charge in [0.1, 0.15) is 0 Å². The van der Waals surface area contributed by atoms with E-state index in [1.54, 1.807) is 0 Å². The Hall–Kier alpha value is -0.650. The second-order valence-electron chi connectivity index (χ2n) is 6.78. The molecule has 0 aromatic rings. The predicted molar refractivity (Wildman–Crippen MR) is 103 cm³/mol. The molecule has 0 rings (SSSR count). The minimum atomic E-state index is -0.657. The SMILES string of the molecule is CCCCCCCCCCCCCC(=O)O.OCCCC(CO)CO. The first-order valence-electron chi connectivity index (χ1n) is 10.2. The quantitative estimate of drug-likeness (QED) is 0.292. The molecule has 25 heavy (non-hydrogen) atoms. The summed E-state index contributed by atoms with van der Waals surface area (Å²) < 4.78 is 0. The first kappa shape index (κ1) is 26.6. The van der Waals surface area contributed by atoms with Gasteiger partial charge in [-0.25, -0.2) is 0 Å². The summed E-state index contributed by atoms with van der Waals surface area (Å²) in [5, 5.41) is 33.8. The summed E-state index contributed by atoms with van der Waals surface area (Å²) in [5.41, 5.74) is 0. The lowest BCUT2D eigenvalue weighted by molar-refractivity contribution is -0.137. The Morgan fingerprint density at radius 3 is 1.52 bits per heavy atom. The molecule has 0 bridgehead atoms. The highest BCUT2D eigenvalue weighted by atomic mass is 16.4. The van der Waals surface area contributed by atoms with Crippen LogP contribution in [0.15, 0.2) is 0 Å². The smallest absolute Gasteiger partial charge is 0.303 e. The Labute approximate surface area is 154 Å². The molecule has 0 spiro atoms. The third-order valence-electron chi connectivity index (χ3n) is 4.28. The maximum atomic E-state index is 10.3. The summed E-state index contributed by atoms with van der Waals surface area (Å²) in [4.78, 5) is 10.3. The first-order chi connectivity index (χ1) is 12.1. The molecule has 152 valence electrons. The van der Waals surface area contributed by atoms with Gasteiger partial charge in [0.05, 0.1) is 0 Å². The van der Waals surface area contributed by atoms with Gasteiger partial charge in [0.15, 0.2) is 0 Å². The van der Waals surface area contributed by atoms with Gasteiger partial charge < -0.3 is 20.4 Å². The minimum Gasteiger partial charge on any atom is -0.481 e. The summed E-state index contributed by atoms with van der Waals surface area (Å²) in [5.74, 6) is -0.701. The van der Waals surface area contributed by atoms with Crippen LogP contribution in [0.4, 0.5) is 0 Å². The van der Waals surface area contributed by atoms with Gasteiger partial charge in [-0.15, -0.1) is 0 Å². The van der Waals surface area contributed by atoms with Crippen molar-refractivity contribution in [1.29, 1.82) is 0 Å². The van der Waals surface area contributed by atoms with Crippen LogP contribution in [-0.4, -0.2) is 46.2 Å². The maximum Gasteiger partial charge on any atom is 0.303 e. The Morgan fingerprint density at radius 2 is 1.16 bits per heavy atom. The average Bonchev–Trinajstić information content (AvgIpc) is 2.61. The summed E-state index contributed by atoms with van der Waals surface area (Å²) >= 11 is 0. The van der Waals surface area contributed by atoms with E-state index in [2.05, 4.69) is 6.92 Å². The fraction of sp³-hybridized carbons (Fsp3) is 0.950. The van der Waals surface area contributed by atoms with E-state index in [1.165, 1.54) is 57.8 Å². The van der Waals surface area contributed by atoms with Crippen LogP contribution in [0.2, 0.25) is 0 Å². The number of carboxylic acid groups (broad SMARTS) is 1. The topological polar surface area (TPSA) is 98.0 Å². The molecule has 0 radical (unpaired) electrons. The number of unbranched alkanes of at least 4 members (excludes halogenated alkanes) is 10. The van der Waals surface area contributed by atoms with Gasteiger partial charge in [-0.1, -0.05) is 71.1 Å². The second-order valence-corrected chi connectivity index (χ2v) is 6.78. The predicted octanol–water partition coefficient (Wildman–Crippen LogP) is 4.13. The number of aliphatic hydroxyl groups is 3. The highest BCUT2D eigenvalue weighted by molar-refractivity contribution is 5.66. The zero-order chi connectivity index (χ0) is 19.2. The summed E-state index contributed by atoms with van der Waals surface area (Å²) in [6.45, 7) is 2.40. The highest BCUT2D eigenvalue weighted by Gasteiger charge is 2.03. The Bertz CT molecular complexity index is 254. The molecule has 0 amide bonds. The number of rotatable bonds is 17. The fourth-order valence-electron chi connectivity index (χ4n) is 2.56. The lowest BCUT2D eigenvalue weighted by Crippen LogP contribution is -2.11. The van der Waals surface area contributed by atoms with Crippen molar-refractivity contribution >= 4 is 5.97 Å².